The zero-order valence-electron chi connectivity index (χ0n) is 23.0. The van der Waals surface area contributed by atoms with Crippen LogP contribution in [0.3, 0.4) is 0 Å². The summed E-state index contributed by atoms with van der Waals surface area (Å²) in [6, 6.07) is 19.7. The van der Waals surface area contributed by atoms with Gasteiger partial charge in [-0.3, -0.25) is 4.79 Å². The van der Waals surface area contributed by atoms with Crippen molar-refractivity contribution in [2.24, 2.45) is 0 Å². The van der Waals surface area contributed by atoms with Crippen LogP contribution in [0, 0.1) is 0 Å². The van der Waals surface area contributed by atoms with Gasteiger partial charge in [-0.05, 0) is 52.9 Å². The summed E-state index contributed by atoms with van der Waals surface area (Å²) >= 11 is 0. The molecule has 2 aromatic carbocycles. The second kappa shape index (κ2) is 12.2. The maximum absolute atomic E-state index is 13.1. The smallest absolute Gasteiger partial charge is 0.405 e. The van der Waals surface area contributed by atoms with Gasteiger partial charge in [0.1, 0.15) is 24.7 Å². The Kier molecular flexibility index (Phi) is 8.75. The lowest BCUT2D eigenvalue weighted by atomic mass is 9.84. The summed E-state index contributed by atoms with van der Waals surface area (Å²) in [4.78, 5) is 17.6. The maximum Gasteiger partial charge on any atom is 0.405 e. The molecule has 0 unspecified atom stereocenters. The number of hydrogen-bond acceptors (Lipinski definition) is 7. The quantitative estimate of drug-likeness (QED) is 0.234. The molecule has 0 saturated heterocycles. The Balaban J connectivity index is 1.66. The molecule has 0 fully saturated rings. The number of benzene rings is 2. The Morgan fingerprint density at radius 3 is 2.34 bits per heavy atom. The van der Waals surface area contributed by atoms with Gasteiger partial charge in [-0.2, -0.15) is 13.2 Å². The third-order valence-corrected chi connectivity index (χ3v) is 6.02. The first-order valence-corrected chi connectivity index (χ1v) is 12.7. The number of nitrogens with one attached hydrogen (secondary N) is 2. The number of amides is 1. The zero-order chi connectivity index (χ0) is 29.6. The number of hydrogen-bond donors (Lipinski definition) is 2. The van der Waals surface area contributed by atoms with E-state index >= 15 is 0 Å². The van der Waals surface area contributed by atoms with E-state index in [0.717, 1.165) is 16.7 Å². The van der Waals surface area contributed by atoms with Crippen LogP contribution < -0.4 is 20.1 Å². The van der Waals surface area contributed by atoms with Gasteiger partial charge in [-0.15, -0.1) is 10.2 Å². The summed E-state index contributed by atoms with van der Waals surface area (Å²) in [5.74, 6) is 0.170. The molecule has 4 aromatic rings. The van der Waals surface area contributed by atoms with E-state index in [1.807, 2.05) is 63.2 Å². The van der Waals surface area contributed by atoms with Crippen LogP contribution in [-0.4, -0.2) is 40.9 Å². The molecular weight excluding hydrogens is 535 g/mol. The van der Waals surface area contributed by atoms with Gasteiger partial charge in [-0.1, -0.05) is 51.1 Å². The Hall–Kier alpha value is -4.67. The van der Waals surface area contributed by atoms with E-state index in [2.05, 4.69) is 25.8 Å². The Morgan fingerprint density at radius 1 is 0.951 bits per heavy atom. The number of halogens is 3. The normalized spacial score (nSPS) is 11.6. The molecule has 2 heterocycles. The summed E-state index contributed by atoms with van der Waals surface area (Å²) in [7, 11) is 1.51. The number of carbonyl (C=O) groups is 1. The molecule has 0 spiro atoms. The van der Waals surface area contributed by atoms with E-state index in [1.54, 1.807) is 18.3 Å². The van der Waals surface area contributed by atoms with Gasteiger partial charge in [0.05, 0.1) is 12.8 Å². The number of carbonyl (C=O) groups excluding carboxylic acids is 1. The van der Waals surface area contributed by atoms with Crippen molar-refractivity contribution in [1.29, 1.82) is 0 Å². The monoisotopic (exact) mass is 565 g/mol. The lowest BCUT2D eigenvalue weighted by Crippen LogP contribution is -2.22. The van der Waals surface area contributed by atoms with E-state index in [4.69, 9.17) is 9.47 Å². The van der Waals surface area contributed by atoms with Crippen molar-refractivity contribution in [2.45, 2.75) is 39.0 Å². The van der Waals surface area contributed by atoms with Crippen LogP contribution in [0.4, 0.5) is 24.7 Å². The molecule has 0 aliphatic carbocycles. The van der Waals surface area contributed by atoms with Crippen LogP contribution in [0.15, 0.2) is 72.9 Å². The molecule has 2 aromatic heterocycles. The molecule has 1 amide bonds. The topological polar surface area (TPSA) is 98.3 Å². The molecule has 4 rings (SSSR count). The minimum absolute atomic E-state index is 0.0828. The molecule has 0 atom stereocenters. The second-order valence-electron chi connectivity index (χ2n) is 10.2. The van der Waals surface area contributed by atoms with E-state index in [-0.39, 0.29) is 16.9 Å². The van der Waals surface area contributed by atoms with E-state index in [0.29, 0.717) is 29.5 Å². The highest BCUT2D eigenvalue weighted by atomic mass is 19.4. The second-order valence-corrected chi connectivity index (χ2v) is 10.2. The molecule has 0 saturated carbocycles. The van der Waals surface area contributed by atoms with Crippen molar-refractivity contribution < 1.29 is 27.4 Å². The fourth-order valence-electron chi connectivity index (χ4n) is 4.03. The van der Waals surface area contributed by atoms with Gasteiger partial charge in [-0.25, -0.2) is 4.98 Å². The van der Waals surface area contributed by atoms with Crippen molar-refractivity contribution in [3.8, 4) is 22.8 Å². The highest BCUT2D eigenvalue weighted by Crippen LogP contribution is 2.42. The Morgan fingerprint density at radius 2 is 1.71 bits per heavy atom. The number of ether oxygens (including phenoxy) is 2. The first-order chi connectivity index (χ1) is 19.4. The average molecular weight is 566 g/mol. The van der Waals surface area contributed by atoms with E-state index < -0.39 is 18.6 Å². The summed E-state index contributed by atoms with van der Waals surface area (Å²) < 4.78 is 49.3. The number of methoxy groups -OCH3 is 1. The SMILES string of the molecule is COc1c(NC(=O)c2ccc(NCC(F)(F)F)nn2)cc(-c2cccnc2OCc2ccccc2)cc1C(C)(C)C. The first-order valence-electron chi connectivity index (χ1n) is 12.7. The number of pyridine rings is 1. The molecule has 214 valence electrons. The third-order valence-electron chi connectivity index (χ3n) is 6.02. The van der Waals surface area contributed by atoms with Gasteiger partial charge in [0.2, 0.25) is 5.88 Å². The van der Waals surface area contributed by atoms with Crippen molar-refractivity contribution in [2.75, 3.05) is 24.3 Å². The number of nitrogens with zero attached hydrogens (tertiary/aromatic N) is 3. The van der Waals surface area contributed by atoms with Crippen LogP contribution in [0.1, 0.15) is 42.4 Å². The van der Waals surface area contributed by atoms with E-state index in [1.165, 1.54) is 19.2 Å². The predicted octanol–water partition coefficient (Wildman–Crippen LogP) is 6.65. The lowest BCUT2D eigenvalue weighted by molar-refractivity contribution is -0.115. The van der Waals surface area contributed by atoms with E-state index in [9.17, 15) is 18.0 Å². The van der Waals surface area contributed by atoms with Crippen molar-refractivity contribution >= 4 is 17.4 Å². The van der Waals surface area contributed by atoms with Gasteiger partial charge < -0.3 is 20.1 Å². The Labute approximate surface area is 235 Å². The molecule has 2 N–H and O–H groups in total. The third kappa shape index (κ3) is 7.71. The van der Waals surface area contributed by atoms with Crippen LogP contribution >= 0.6 is 0 Å². The molecule has 0 aliphatic heterocycles. The summed E-state index contributed by atoms with van der Waals surface area (Å²) in [6.07, 6.45) is -2.77. The molecule has 8 nitrogen and oxygen atoms in total. The average Bonchev–Trinajstić information content (AvgIpc) is 2.94. The van der Waals surface area contributed by atoms with Crippen molar-refractivity contribution in [3.05, 3.63) is 89.7 Å². The van der Waals surface area contributed by atoms with Crippen LogP contribution in [0.5, 0.6) is 11.6 Å². The van der Waals surface area contributed by atoms with Gasteiger partial charge in [0.15, 0.2) is 5.69 Å². The van der Waals surface area contributed by atoms with Gasteiger partial charge in [0, 0.05) is 17.3 Å². The fourth-order valence-corrected chi connectivity index (χ4v) is 4.03. The van der Waals surface area contributed by atoms with Crippen molar-refractivity contribution in [1.82, 2.24) is 15.2 Å². The summed E-state index contributed by atoms with van der Waals surface area (Å²) in [5, 5.41) is 12.4. The van der Waals surface area contributed by atoms with Gasteiger partial charge in [0.25, 0.3) is 5.91 Å². The minimum atomic E-state index is -4.41. The molecular formula is C30H30F3N5O3. The standard InChI is InChI=1S/C30H30F3N5O3/c1-29(2,3)22-15-20(21-11-8-14-34-28(21)41-17-19-9-6-5-7-10-19)16-24(26(22)40-4)36-27(39)23-12-13-25(38-37-23)35-18-30(31,32)33/h5-16H,17-18H2,1-4H3,(H,35,38)(H,36,39). The number of rotatable bonds is 9. The number of alkyl halides is 3. The first kappa shape index (κ1) is 29.3. The summed E-state index contributed by atoms with van der Waals surface area (Å²) in [5.41, 5.74) is 3.18. The van der Waals surface area contributed by atoms with Crippen LogP contribution in [0.25, 0.3) is 11.1 Å². The lowest BCUT2D eigenvalue weighted by Gasteiger charge is -2.25. The molecule has 41 heavy (non-hydrogen) atoms. The predicted molar refractivity (Wildman–Crippen MR) is 150 cm³/mol. The highest BCUT2D eigenvalue weighted by molar-refractivity contribution is 6.04. The fraction of sp³-hybridized carbons (Fsp3) is 0.267. The maximum atomic E-state index is 13.1. The van der Waals surface area contributed by atoms with Gasteiger partial charge >= 0.3 is 6.18 Å². The zero-order valence-corrected chi connectivity index (χ0v) is 23.0. The van der Waals surface area contributed by atoms with Crippen molar-refractivity contribution in [3.63, 3.8) is 0 Å². The minimum Gasteiger partial charge on any atom is -0.494 e. The number of aromatic nitrogens is 3. The molecule has 0 radical (unpaired) electrons. The van der Waals surface area contributed by atoms with Crippen LogP contribution in [0.2, 0.25) is 0 Å². The summed E-state index contributed by atoms with van der Waals surface area (Å²) in [6.45, 7) is 5.12. The molecule has 0 aliphatic rings. The highest BCUT2D eigenvalue weighted by Gasteiger charge is 2.27. The Bertz CT molecular complexity index is 1490. The van der Waals surface area contributed by atoms with Crippen LogP contribution in [-0.2, 0) is 12.0 Å². The largest absolute Gasteiger partial charge is 0.494 e. The number of anilines is 2. The molecule has 11 heteroatoms. The molecule has 0 bridgehead atoms.